The van der Waals surface area contributed by atoms with Gasteiger partial charge in [0.2, 0.25) is 17.6 Å². The number of hydrogen-bond donors (Lipinski definition) is 3. The molecule has 1 aromatic heterocycles. The predicted molar refractivity (Wildman–Crippen MR) is 98.3 cm³/mol. The Labute approximate surface area is 150 Å². The standard InChI is InChI=1S/C16H19ClN6O2/c17-10-5-4-8-12(9-10)20-16-21-14(18)13(23(24)25)15(22-16)19-11-6-2-1-3-7-11/h4-5,8-9,11H,1-3,6-7H2,(H4,18,19,20,21,22). The molecule has 1 aliphatic rings. The van der Waals surface area contributed by atoms with E-state index < -0.39 is 4.92 Å². The SMILES string of the molecule is Nc1nc(Nc2cccc(Cl)c2)nc(NC2CCCCC2)c1[N+](=O)[O-]. The van der Waals surface area contributed by atoms with Gasteiger partial charge in [-0.15, -0.1) is 0 Å². The average molecular weight is 363 g/mol. The van der Waals surface area contributed by atoms with E-state index in [4.69, 9.17) is 17.3 Å². The van der Waals surface area contributed by atoms with Gasteiger partial charge < -0.3 is 16.4 Å². The zero-order valence-corrected chi connectivity index (χ0v) is 14.3. The molecule has 0 unspecified atom stereocenters. The molecule has 0 radical (unpaired) electrons. The molecule has 1 heterocycles. The van der Waals surface area contributed by atoms with E-state index in [0.29, 0.717) is 10.7 Å². The number of nitrogens with two attached hydrogens (primary N) is 1. The van der Waals surface area contributed by atoms with Crippen LogP contribution in [0.1, 0.15) is 32.1 Å². The second-order valence-electron chi connectivity index (χ2n) is 6.00. The Kier molecular flexibility index (Phi) is 5.18. The van der Waals surface area contributed by atoms with Gasteiger partial charge in [0.05, 0.1) is 4.92 Å². The van der Waals surface area contributed by atoms with Crippen molar-refractivity contribution in [1.29, 1.82) is 0 Å². The van der Waals surface area contributed by atoms with Crippen LogP contribution in [0, 0.1) is 10.1 Å². The minimum atomic E-state index is -0.552. The second-order valence-corrected chi connectivity index (χ2v) is 6.44. The maximum atomic E-state index is 11.4. The number of nitrogen functional groups attached to an aromatic ring is 1. The molecule has 0 amide bonds. The Morgan fingerprint density at radius 3 is 2.68 bits per heavy atom. The van der Waals surface area contributed by atoms with Crippen molar-refractivity contribution in [3.63, 3.8) is 0 Å². The Morgan fingerprint density at radius 1 is 1.24 bits per heavy atom. The zero-order valence-electron chi connectivity index (χ0n) is 13.5. The van der Waals surface area contributed by atoms with Crippen LogP contribution in [0.2, 0.25) is 5.02 Å². The summed E-state index contributed by atoms with van der Waals surface area (Å²) in [5, 5.41) is 18.1. The highest BCUT2D eigenvalue weighted by atomic mass is 35.5. The molecule has 8 nitrogen and oxygen atoms in total. The summed E-state index contributed by atoms with van der Waals surface area (Å²) in [5.41, 5.74) is 6.19. The number of anilines is 4. The minimum Gasteiger partial charge on any atom is -0.378 e. The van der Waals surface area contributed by atoms with Crippen molar-refractivity contribution in [3.05, 3.63) is 39.4 Å². The molecule has 3 rings (SSSR count). The maximum Gasteiger partial charge on any atom is 0.353 e. The summed E-state index contributed by atoms with van der Waals surface area (Å²) < 4.78 is 0. The van der Waals surface area contributed by atoms with Crippen LogP contribution in [-0.4, -0.2) is 20.9 Å². The van der Waals surface area contributed by atoms with E-state index in [2.05, 4.69) is 20.6 Å². The molecule has 1 fully saturated rings. The molecule has 0 spiro atoms. The molecular formula is C16H19ClN6O2. The lowest BCUT2D eigenvalue weighted by Gasteiger charge is -2.23. The first kappa shape index (κ1) is 17.2. The summed E-state index contributed by atoms with van der Waals surface area (Å²) in [5.74, 6) is 0.153. The molecule has 1 aliphatic carbocycles. The smallest absolute Gasteiger partial charge is 0.353 e. The van der Waals surface area contributed by atoms with E-state index in [1.165, 1.54) is 6.42 Å². The summed E-state index contributed by atoms with van der Waals surface area (Å²) in [6.07, 6.45) is 5.29. The van der Waals surface area contributed by atoms with Crippen molar-refractivity contribution in [2.75, 3.05) is 16.4 Å². The van der Waals surface area contributed by atoms with Gasteiger partial charge in [0.25, 0.3) is 0 Å². The molecule has 9 heteroatoms. The Balaban J connectivity index is 1.90. The van der Waals surface area contributed by atoms with Gasteiger partial charge in [0.1, 0.15) is 0 Å². The summed E-state index contributed by atoms with van der Waals surface area (Å²) in [7, 11) is 0. The van der Waals surface area contributed by atoms with Crippen molar-refractivity contribution in [2.45, 2.75) is 38.1 Å². The predicted octanol–water partition coefficient (Wildman–Crippen LogP) is 4.11. The third-order valence-electron chi connectivity index (χ3n) is 4.12. The summed E-state index contributed by atoms with van der Waals surface area (Å²) in [6, 6.07) is 7.17. The second kappa shape index (κ2) is 7.52. The lowest BCUT2D eigenvalue weighted by atomic mass is 9.95. The average Bonchev–Trinajstić information content (AvgIpc) is 2.55. The number of halogens is 1. The lowest BCUT2D eigenvalue weighted by Crippen LogP contribution is -2.24. The third kappa shape index (κ3) is 4.27. The molecule has 1 saturated carbocycles. The molecule has 132 valence electrons. The molecule has 0 saturated heterocycles. The van der Waals surface area contributed by atoms with Crippen molar-refractivity contribution in [3.8, 4) is 0 Å². The van der Waals surface area contributed by atoms with Gasteiger partial charge in [-0.1, -0.05) is 36.9 Å². The van der Waals surface area contributed by atoms with E-state index in [1.807, 2.05) is 0 Å². The van der Waals surface area contributed by atoms with Crippen LogP contribution in [-0.2, 0) is 0 Å². The van der Waals surface area contributed by atoms with Crippen LogP contribution in [0.5, 0.6) is 0 Å². The number of nitrogens with zero attached hydrogens (tertiary/aromatic N) is 3. The molecule has 0 bridgehead atoms. The molecule has 0 aliphatic heterocycles. The molecule has 1 aromatic carbocycles. The minimum absolute atomic E-state index is 0.147. The first-order chi connectivity index (χ1) is 12.0. The van der Waals surface area contributed by atoms with E-state index in [1.54, 1.807) is 24.3 Å². The highest BCUT2D eigenvalue weighted by Gasteiger charge is 2.25. The normalized spacial score (nSPS) is 14.9. The fourth-order valence-corrected chi connectivity index (χ4v) is 3.13. The molecular weight excluding hydrogens is 344 g/mol. The van der Waals surface area contributed by atoms with Gasteiger partial charge >= 0.3 is 5.69 Å². The number of benzene rings is 1. The molecule has 4 N–H and O–H groups in total. The number of aromatic nitrogens is 2. The number of rotatable bonds is 5. The first-order valence-electron chi connectivity index (χ1n) is 8.14. The number of nitrogens with one attached hydrogen (secondary N) is 2. The largest absolute Gasteiger partial charge is 0.378 e. The van der Waals surface area contributed by atoms with Crippen molar-refractivity contribution in [1.82, 2.24) is 9.97 Å². The van der Waals surface area contributed by atoms with Gasteiger partial charge in [0.15, 0.2) is 0 Å². The van der Waals surface area contributed by atoms with Gasteiger partial charge in [-0.25, -0.2) is 0 Å². The molecule has 25 heavy (non-hydrogen) atoms. The van der Waals surface area contributed by atoms with E-state index >= 15 is 0 Å². The Morgan fingerprint density at radius 2 is 2.00 bits per heavy atom. The summed E-state index contributed by atoms with van der Waals surface area (Å²) >= 11 is 5.96. The van der Waals surface area contributed by atoms with Crippen LogP contribution in [0.3, 0.4) is 0 Å². The molecule has 0 atom stereocenters. The van der Waals surface area contributed by atoms with E-state index in [-0.39, 0.29) is 29.3 Å². The van der Waals surface area contributed by atoms with Gasteiger partial charge in [-0.3, -0.25) is 10.1 Å². The topological polar surface area (TPSA) is 119 Å². The fraction of sp³-hybridized carbons (Fsp3) is 0.375. The highest BCUT2D eigenvalue weighted by molar-refractivity contribution is 6.30. The van der Waals surface area contributed by atoms with Gasteiger partial charge in [-0.2, -0.15) is 9.97 Å². The zero-order chi connectivity index (χ0) is 17.8. The Bertz CT molecular complexity index is 779. The van der Waals surface area contributed by atoms with E-state index in [0.717, 1.165) is 25.7 Å². The lowest BCUT2D eigenvalue weighted by molar-refractivity contribution is -0.383. The van der Waals surface area contributed by atoms with Gasteiger partial charge in [0, 0.05) is 16.8 Å². The Hall–Kier alpha value is -2.61. The van der Waals surface area contributed by atoms with Crippen molar-refractivity contribution >= 4 is 40.6 Å². The highest BCUT2D eigenvalue weighted by Crippen LogP contribution is 2.32. The summed E-state index contributed by atoms with van der Waals surface area (Å²) in [4.78, 5) is 19.1. The van der Waals surface area contributed by atoms with Crippen LogP contribution >= 0.6 is 11.6 Å². The number of nitro groups is 1. The third-order valence-corrected chi connectivity index (χ3v) is 4.36. The fourth-order valence-electron chi connectivity index (χ4n) is 2.94. The first-order valence-corrected chi connectivity index (χ1v) is 8.52. The van der Waals surface area contributed by atoms with Crippen LogP contribution < -0.4 is 16.4 Å². The summed E-state index contributed by atoms with van der Waals surface area (Å²) in [6.45, 7) is 0. The van der Waals surface area contributed by atoms with Gasteiger partial charge in [-0.05, 0) is 31.0 Å². The van der Waals surface area contributed by atoms with E-state index in [9.17, 15) is 10.1 Å². The van der Waals surface area contributed by atoms with Crippen LogP contribution in [0.15, 0.2) is 24.3 Å². The molecule has 2 aromatic rings. The maximum absolute atomic E-state index is 11.4. The van der Waals surface area contributed by atoms with Crippen molar-refractivity contribution in [2.24, 2.45) is 0 Å². The monoisotopic (exact) mass is 362 g/mol. The van der Waals surface area contributed by atoms with Crippen LogP contribution in [0.25, 0.3) is 0 Å². The van der Waals surface area contributed by atoms with Crippen LogP contribution in [0.4, 0.5) is 29.0 Å². The van der Waals surface area contributed by atoms with Crippen molar-refractivity contribution < 1.29 is 4.92 Å². The quantitative estimate of drug-likeness (QED) is 0.540. The number of hydrogen-bond acceptors (Lipinski definition) is 7.